The minimum absolute atomic E-state index is 0.0963. The maximum Gasteiger partial charge on any atom is 0.173 e. The summed E-state index contributed by atoms with van der Waals surface area (Å²) >= 11 is 1.33. The highest BCUT2D eigenvalue weighted by Gasteiger charge is 2.35. The Hall–Kier alpha value is -3.63. The van der Waals surface area contributed by atoms with Crippen LogP contribution >= 0.6 is 11.8 Å². The molecule has 10 heteroatoms. The number of hydrogen-bond acceptors (Lipinski definition) is 6. The fourth-order valence-corrected chi connectivity index (χ4v) is 5.23. The molecule has 3 N–H and O–H groups in total. The molecule has 0 spiro atoms. The number of nitrogens with one attached hydrogen (secondary N) is 1. The summed E-state index contributed by atoms with van der Waals surface area (Å²) in [7, 11) is -0.728. The topological polar surface area (TPSA) is 128 Å². The van der Waals surface area contributed by atoms with Crippen molar-refractivity contribution in [2.75, 3.05) is 18.3 Å². The molecule has 0 atom stereocenters. The number of aromatic nitrogens is 2. The molecule has 0 unspecified atom stereocenters. The van der Waals surface area contributed by atoms with E-state index in [0.29, 0.717) is 11.1 Å². The smallest absolute Gasteiger partial charge is 0.173 e. The number of amidine groups is 1. The van der Waals surface area contributed by atoms with E-state index in [1.165, 1.54) is 11.8 Å². The van der Waals surface area contributed by atoms with Gasteiger partial charge in [-0.1, -0.05) is 48.2 Å². The minimum atomic E-state index is -2.67. The molecule has 2 aromatic carbocycles. The van der Waals surface area contributed by atoms with Crippen LogP contribution in [0.4, 0.5) is 0 Å². The van der Waals surface area contributed by atoms with Gasteiger partial charge >= 0.3 is 0 Å². The van der Waals surface area contributed by atoms with Crippen LogP contribution in [0.1, 0.15) is 24.1 Å². The third-order valence-corrected chi connectivity index (χ3v) is 7.00. The standard InChI is InChI=1S/C26H24N4O2S.C2H6O2S/c1-29-19-9-4-2-7-16(19)13-21(29)25-23(32)14-22(31)24(25)18-15-30(11-6-12-33-26(27)28)20-10-5-3-8-17(18)20;1-5(2,3)4/h2-5,7-10,13,15H,6,11-12,14H2,1H3,(H3,27,28);1-2H3. The number of Topliss-reactive ketones (excluding diaryl/α,β-unsaturated/α-hetero) is 2. The third-order valence-electron chi connectivity index (χ3n) is 6.20. The number of carbonyl (C=O) groups is 2. The first kappa shape index (κ1) is 27.4. The average molecular weight is 551 g/mol. The van der Waals surface area contributed by atoms with Gasteiger partial charge in [0.1, 0.15) is 9.84 Å². The molecule has 0 bridgehead atoms. The highest BCUT2D eigenvalue weighted by molar-refractivity contribution is 8.13. The van der Waals surface area contributed by atoms with Gasteiger partial charge in [0, 0.05) is 71.0 Å². The molecule has 0 amide bonds. The van der Waals surface area contributed by atoms with Crippen molar-refractivity contribution in [1.82, 2.24) is 9.13 Å². The van der Waals surface area contributed by atoms with E-state index >= 15 is 0 Å². The summed E-state index contributed by atoms with van der Waals surface area (Å²) in [6.07, 6.45) is 5.06. The van der Waals surface area contributed by atoms with E-state index in [2.05, 4.69) is 4.57 Å². The second-order valence-corrected chi connectivity index (χ2v) is 12.8. The van der Waals surface area contributed by atoms with Crippen molar-refractivity contribution in [3.63, 3.8) is 0 Å². The third kappa shape index (κ3) is 5.92. The lowest BCUT2D eigenvalue weighted by Crippen LogP contribution is -2.06. The van der Waals surface area contributed by atoms with Gasteiger partial charge in [-0.15, -0.1) is 0 Å². The molecule has 198 valence electrons. The molecule has 0 saturated heterocycles. The van der Waals surface area contributed by atoms with Gasteiger partial charge in [-0.05, 0) is 24.6 Å². The van der Waals surface area contributed by atoms with E-state index in [4.69, 9.17) is 11.1 Å². The Balaban J connectivity index is 0.000000617. The van der Waals surface area contributed by atoms with Crippen molar-refractivity contribution in [1.29, 1.82) is 5.41 Å². The molecular weight excluding hydrogens is 520 g/mol. The highest BCUT2D eigenvalue weighted by Crippen LogP contribution is 2.40. The van der Waals surface area contributed by atoms with Crippen molar-refractivity contribution >= 4 is 71.3 Å². The average Bonchev–Trinajstić information content (AvgIpc) is 3.46. The van der Waals surface area contributed by atoms with Crippen LogP contribution in [-0.2, 0) is 33.0 Å². The maximum absolute atomic E-state index is 13.1. The number of thioether (sulfide) groups is 1. The molecule has 1 aliphatic rings. The predicted molar refractivity (Wildman–Crippen MR) is 156 cm³/mol. The van der Waals surface area contributed by atoms with Crippen LogP contribution in [0.2, 0.25) is 0 Å². The molecule has 1 aliphatic carbocycles. The maximum atomic E-state index is 13.1. The van der Waals surface area contributed by atoms with Crippen molar-refractivity contribution in [2.45, 2.75) is 19.4 Å². The van der Waals surface area contributed by atoms with Gasteiger partial charge in [-0.25, -0.2) is 8.42 Å². The lowest BCUT2D eigenvalue weighted by atomic mass is 9.99. The number of nitrogens with zero attached hydrogens (tertiary/aromatic N) is 2. The molecule has 0 radical (unpaired) electrons. The van der Waals surface area contributed by atoms with E-state index < -0.39 is 9.84 Å². The Bertz CT molecular complexity index is 1700. The number of nitrogens with two attached hydrogens (primary N) is 1. The molecule has 2 aromatic heterocycles. The summed E-state index contributed by atoms with van der Waals surface area (Å²) < 4.78 is 23.4. The zero-order valence-electron chi connectivity index (χ0n) is 21.5. The Morgan fingerprint density at radius 1 is 1.00 bits per heavy atom. The van der Waals surface area contributed by atoms with Gasteiger partial charge in [0.05, 0.1) is 17.7 Å². The number of rotatable bonds is 6. The van der Waals surface area contributed by atoms with Gasteiger partial charge in [0.15, 0.2) is 16.7 Å². The molecular formula is C28H30N4O4S2. The van der Waals surface area contributed by atoms with E-state index in [0.717, 1.165) is 64.3 Å². The van der Waals surface area contributed by atoms with Crippen LogP contribution < -0.4 is 5.73 Å². The number of aryl methyl sites for hydroxylation is 2. The van der Waals surface area contributed by atoms with E-state index in [-0.39, 0.29) is 23.2 Å². The number of hydrogen-bond donors (Lipinski definition) is 2. The van der Waals surface area contributed by atoms with E-state index in [1.807, 2.05) is 72.4 Å². The number of para-hydroxylation sites is 2. The molecule has 38 heavy (non-hydrogen) atoms. The minimum Gasteiger partial charge on any atom is -0.379 e. The van der Waals surface area contributed by atoms with Crippen molar-refractivity contribution in [2.24, 2.45) is 12.8 Å². The molecule has 8 nitrogen and oxygen atoms in total. The van der Waals surface area contributed by atoms with Crippen LogP contribution in [0.5, 0.6) is 0 Å². The van der Waals surface area contributed by atoms with Gasteiger partial charge in [-0.2, -0.15) is 0 Å². The first-order chi connectivity index (χ1) is 18.0. The summed E-state index contributed by atoms with van der Waals surface area (Å²) in [4.78, 5) is 26.2. The second-order valence-electron chi connectivity index (χ2n) is 9.38. The second kappa shape index (κ2) is 11.0. The summed E-state index contributed by atoms with van der Waals surface area (Å²) in [5, 5.41) is 9.51. The summed E-state index contributed by atoms with van der Waals surface area (Å²) in [6, 6.07) is 18.0. The SMILES string of the molecule is CS(C)(=O)=O.Cn1c(C2=C(c3cn(CCCSC(=N)N)c4ccccc34)C(=O)CC2=O)cc2ccccc21. The van der Waals surface area contributed by atoms with Crippen LogP contribution in [0.15, 0.2) is 60.8 Å². The highest BCUT2D eigenvalue weighted by atomic mass is 32.2. The Kier molecular flexibility index (Phi) is 7.94. The quantitative estimate of drug-likeness (QED) is 0.160. The molecule has 0 fully saturated rings. The fraction of sp³-hybridized carbons (Fsp3) is 0.250. The number of benzene rings is 2. The van der Waals surface area contributed by atoms with Gasteiger partial charge in [0.25, 0.3) is 0 Å². The lowest BCUT2D eigenvalue weighted by molar-refractivity contribution is -0.119. The molecule has 0 saturated carbocycles. The molecule has 4 aromatic rings. The van der Waals surface area contributed by atoms with Crippen molar-refractivity contribution < 1.29 is 18.0 Å². The summed E-state index contributed by atoms with van der Waals surface area (Å²) in [5.41, 5.74) is 10.1. The first-order valence-electron chi connectivity index (χ1n) is 12.0. The van der Waals surface area contributed by atoms with Crippen molar-refractivity contribution in [3.05, 3.63) is 72.1 Å². The van der Waals surface area contributed by atoms with E-state index in [9.17, 15) is 18.0 Å². The zero-order chi connectivity index (χ0) is 27.6. The van der Waals surface area contributed by atoms with Gasteiger partial charge < -0.3 is 14.9 Å². The Labute approximate surface area is 225 Å². The van der Waals surface area contributed by atoms with E-state index in [1.54, 1.807) is 0 Å². The monoisotopic (exact) mass is 550 g/mol. The van der Waals surface area contributed by atoms with Gasteiger partial charge in [-0.3, -0.25) is 15.0 Å². The van der Waals surface area contributed by atoms with Crippen molar-refractivity contribution in [3.8, 4) is 0 Å². The molecule has 2 heterocycles. The normalized spacial score (nSPS) is 13.9. The molecule has 0 aliphatic heterocycles. The van der Waals surface area contributed by atoms with Crippen LogP contribution in [0, 0.1) is 5.41 Å². The number of carbonyl (C=O) groups excluding carboxylic acids is 2. The van der Waals surface area contributed by atoms with Crippen LogP contribution in [0.25, 0.3) is 33.0 Å². The number of allylic oxidation sites excluding steroid dienone is 2. The lowest BCUT2D eigenvalue weighted by Gasteiger charge is -2.07. The summed E-state index contributed by atoms with van der Waals surface area (Å²) in [5.74, 6) is 0.490. The Morgan fingerprint density at radius 2 is 1.61 bits per heavy atom. The Morgan fingerprint density at radius 3 is 2.26 bits per heavy atom. The summed E-state index contributed by atoms with van der Waals surface area (Å²) in [6.45, 7) is 0.736. The first-order valence-corrected chi connectivity index (χ1v) is 15.3. The number of ketones is 2. The van der Waals surface area contributed by atoms with Crippen LogP contribution in [-0.4, -0.2) is 52.6 Å². The van der Waals surface area contributed by atoms with Gasteiger partial charge in [0.2, 0.25) is 0 Å². The number of sulfone groups is 1. The fourth-order valence-electron chi connectivity index (χ4n) is 4.73. The number of fused-ring (bicyclic) bond motifs is 2. The zero-order valence-corrected chi connectivity index (χ0v) is 23.2. The largest absolute Gasteiger partial charge is 0.379 e. The van der Waals surface area contributed by atoms with Crippen LogP contribution in [0.3, 0.4) is 0 Å². The predicted octanol–water partition coefficient (Wildman–Crippen LogP) is 4.26. The molecule has 5 rings (SSSR count).